The minimum Gasteiger partial charge on any atom is -0.497 e. The Kier molecular flexibility index (Phi) is 3.19. The quantitative estimate of drug-likeness (QED) is 0.648. The van der Waals surface area contributed by atoms with Crippen molar-refractivity contribution in [1.82, 2.24) is 0 Å². The van der Waals surface area contributed by atoms with Crippen LogP contribution in [0.25, 0.3) is 0 Å². The fraction of sp³-hybridized carbons (Fsp3) is 0.500. The van der Waals surface area contributed by atoms with Crippen molar-refractivity contribution in [2.75, 3.05) is 14.2 Å². The van der Waals surface area contributed by atoms with Gasteiger partial charge in [0.2, 0.25) is 0 Å². The number of allylic oxidation sites excluding steroid dienone is 1. The van der Waals surface area contributed by atoms with E-state index in [1.807, 2.05) is 0 Å². The monoisotopic (exact) mass is 235 g/mol. The van der Waals surface area contributed by atoms with Crippen molar-refractivity contribution < 1.29 is 22.4 Å². The molecule has 0 spiro atoms. The highest BCUT2D eigenvalue weighted by Gasteiger charge is 2.46. The SMILES string of the molecule is COC1=CC(N)(S(=O)(=O)O)C(OC)C=C1. The normalized spacial score (nSPS) is 31.2. The van der Waals surface area contributed by atoms with Crippen molar-refractivity contribution in [2.45, 2.75) is 11.0 Å². The maximum absolute atomic E-state index is 11.2. The van der Waals surface area contributed by atoms with Gasteiger partial charge in [-0.1, -0.05) is 0 Å². The third kappa shape index (κ3) is 2.05. The molecule has 0 heterocycles. The van der Waals surface area contributed by atoms with E-state index < -0.39 is 21.1 Å². The van der Waals surface area contributed by atoms with Crippen LogP contribution in [-0.4, -0.2) is 38.2 Å². The molecule has 0 aromatic heterocycles. The summed E-state index contributed by atoms with van der Waals surface area (Å²) in [6, 6.07) is 0. The van der Waals surface area contributed by atoms with Gasteiger partial charge in [0, 0.05) is 7.11 Å². The Bertz CT molecular complexity index is 399. The van der Waals surface area contributed by atoms with E-state index in [1.54, 1.807) is 0 Å². The molecular weight excluding hydrogens is 222 g/mol. The van der Waals surface area contributed by atoms with Crippen LogP contribution in [0.2, 0.25) is 0 Å². The summed E-state index contributed by atoms with van der Waals surface area (Å²) in [5.41, 5.74) is 5.59. The second-order valence-corrected chi connectivity index (χ2v) is 4.75. The summed E-state index contributed by atoms with van der Waals surface area (Å²) in [5.74, 6) is 0.253. The number of hydrogen-bond acceptors (Lipinski definition) is 5. The minimum atomic E-state index is -4.48. The Morgan fingerprint density at radius 3 is 2.53 bits per heavy atom. The average Bonchev–Trinajstić information content (AvgIpc) is 2.16. The molecule has 15 heavy (non-hydrogen) atoms. The minimum absolute atomic E-state index is 0.253. The van der Waals surface area contributed by atoms with Crippen LogP contribution in [0.5, 0.6) is 0 Å². The highest BCUT2D eigenvalue weighted by atomic mass is 32.2. The first-order valence-electron chi connectivity index (χ1n) is 4.09. The summed E-state index contributed by atoms with van der Waals surface area (Å²) >= 11 is 0. The van der Waals surface area contributed by atoms with E-state index in [0.717, 1.165) is 6.08 Å². The molecule has 0 aromatic carbocycles. The van der Waals surface area contributed by atoms with E-state index >= 15 is 0 Å². The Hall–Kier alpha value is -0.890. The predicted molar refractivity (Wildman–Crippen MR) is 53.5 cm³/mol. The van der Waals surface area contributed by atoms with Gasteiger partial charge in [-0.2, -0.15) is 8.42 Å². The molecule has 1 aliphatic rings. The van der Waals surface area contributed by atoms with Gasteiger partial charge >= 0.3 is 0 Å². The molecule has 0 radical (unpaired) electrons. The summed E-state index contributed by atoms with van der Waals surface area (Å²) in [7, 11) is -1.82. The van der Waals surface area contributed by atoms with Gasteiger partial charge < -0.3 is 15.2 Å². The maximum atomic E-state index is 11.2. The lowest BCUT2D eigenvalue weighted by atomic mass is 10.0. The van der Waals surface area contributed by atoms with Gasteiger partial charge in [-0.05, 0) is 18.2 Å². The third-order valence-electron chi connectivity index (χ3n) is 2.18. The van der Waals surface area contributed by atoms with Crippen LogP contribution < -0.4 is 5.73 Å². The molecule has 3 N–H and O–H groups in total. The van der Waals surface area contributed by atoms with Gasteiger partial charge in [0.1, 0.15) is 11.9 Å². The van der Waals surface area contributed by atoms with E-state index in [1.165, 1.54) is 26.4 Å². The van der Waals surface area contributed by atoms with Crippen LogP contribution in [0, 0.1) is 0 Å². The molecule has 0 saturated carbocycles. The van der Waals surface area contributed by atoms with Gasteiger partial charge in [-0.15, -0.1) is 0 Å². The lowest BCUT2D eigenvalue weighted by Gasteiger charge is -2.31. The standard InChI is InChI=1S/C8H13NO5S/c1-13-6-3-4-7(14-2)8(9,5-6)15(10,11)12/h3-5,7H,9H2,1-2H3,(H,10,11,12). The van der Waals surface area contributed by atoms with E-state index in [0.29, 0.717) is 0 Å². The molecule has 2 atom stereocenters. The van der Waals surface area contributed by atoms with Crippen LogP contribution in [0.3, 0.4) is 0 Å². The number of methoxy groups -OCH3 is 2. The average molecular weight is 235 g/mol. The predicted octanol–water partition coefficient (Wildman–Crippen LogP) is -0.356. The van der Waals surface area contributed by atoms with Gasteiger partial charge in [0.25, 0.3) is 10.1 Å². The van der Waals surface area contributed by atoms with Gasteiger partial charge in [-0.25, -0.2) is 0 Å². The second-order valence-electron chi connectivity index (χ2n) is 3.09. The topological polar surface area (TPSA) is 98.9 Å². The zero-order chi connectivity index (χ0) is 11.7. The summed E-state index contributed by atoms with van der Waals surface area (Å²) in [4.78, 5) is -2.01. The first-order valence-corrected chi connectivity index (χ1v) is 5.53. The highest BCUT2D eigenvalue weighted by Crippen LogP contribution is 2.26. The first-order chi connectivity index (χ1) is 6.85. The molecule has 7 heteroatoms. The van der Waals surface area contributed by atoms with E-state index in [9.17, 15) is 8.42 Å². The molecular formula is C8H13NO5S. The molecule has 0 amide bonds. The fourth-order valence-corrected chi connectivity index (χ4v) is 2.03. The summed E-state index contributed by atoms with van der Waals surface area (Å²) < 4.78 is 41.1. The summed E-state index contributed by atoms with van der Waals surface area (Å²) in [5, 5.41) is 0. The van der Waals surface area contributed by atoms with Crippen molar-refractivity contribution >= 4 is 10.1 Å². The van der Waals surface area contributed by atoms with Crippen LogP contribution >= 0.6 is 0 Å². The molecule has 0 fully saturated rings. The first kappa shape index (κ1) is 12.2. The Labute approximate surface area is 88.1 Å². The Balaban J connectivity index is 3.24. The van der Waals surface area contributed by atoms with Gasteiger partial charge in [-0.3, -0.25) is 4.55 Å². The van der Waals surface area contributed by atoms with Gasteiger partial charge in [0.05, 0.1) is 7.11 Å². The molecule has 1 rings (SSSR count). The highest BCUT2D eigenvalue weighted by molar-refractivity contribution is 7.87. The van der Waals surface area contributed by atoms with Crippen molar-refractivity contribution in [2.24, 2.45) is 5.73 Å². The molecule has 0 aliphatic heterocycles. The zero-order valence-corrected chi connectivity index (χ0v) is 9.19. The van der Waals surface area contributed by atoms with Crippen LogP contribution in [0.15, 0.2) is 24.0 Å². The lowest BCUT2D eigenvalue weighted by molar-refractivity contribution is 0.110. The van der Waals surface area contributed by atoms with Crippen LogP contribution in [0.4, 0.5) is 0 Å². The fourth-order valence-electron chi connectivity index (χ4n) is 1.30. The van der Waals surface area contributed by atoms with E-state index in [2.05, 4.69) is 0 Å². The van der Waals surface area contributed by atoms with Crippen molar-refractivity contribution in [3.63, 3.8) is 0 Å². The summed E-state index contributed by atoms with van der Waals surface area (Å²) in [6.07, 6.45) is 3.08. The molecule has 0 saturated heterocycles. The van der Waals surface area contributed by atoms with E-state index in [4.69, 9.17) is 19.8 Å². The second kappa shape index (κ2) is 3.93. The van der Waals surface area contributed by atoms with Crippen molar-refractivity contribution in [3.05, 3.63) is 24.0 Å². The number of nitrogens with two attached hydrogens (primary N) is 1. The molecule has 86 valence electrons. The molecule has 6 nitrogen and oxygen atoms in total. The smallest absolute Gasteiger partial charge is 0.290 e. The molecule has 0 aromatic rings. The third-order valence-corrected chi connectivity index (χ3v) is 3.43. The molecule has 0 bridgehead atoms. The zero-order valence-electron chi connectivity index (χ0n) is 8.38. The lowest BCUT2D eigenvalue weighted by Crippen LogP contribution is -2.56. The van der Waals surface area contributed by atoms with Crippen molar-refractivity contribution in [3.8, 4) is 0 Å². The number of ether oxygens (including phenoxy) is 2. The van der Waals surface area contributed by atoms with Gasteiger partial charge in [0.15, 0.2) is 4.87 Å². The maximum Gasteiger partial charge on any atom is 0.290 e. The Morgan fingerprint density at radius 1 is 1.53 bits per heavy atom. The molecule has 1 aliphatic carbocycles. The largest absolute Gasteiger partial charge is 0.497 e. The number of rotatable bonds is 3. The van der Waals surface area contributed by atoms with Crippen molar-refractivity contribution in [1.29, 1.82) is 0 Å². The summed E-state index contributed by atoms with van der Waals surface area (Å²) in [6.45, 7) is 0. The Morgan fingerprint density at radius 2 is 2.13 bits per heavy atom. The van der Waals surface area contributed by atoms with Crippen LogP contribution in [0.1, 0.15) is 0 Å². The van der Waals surface area contributed by atoms with E-state index in [-0.39, 0.29) is 5.76 Å². The van der Waals surface area contributed by atoms with Crippen LogP contribution in [-0.2, 0) is 19.6 Å². The number of hydrogen-bond donors (Lipinski definition) is 2. The molecule has 2 unspecified atom stereocenters.